The van der Waals surface area contributed by atoms with Crippen molar-refractivity contribution in [3.63, 3.8) is 0 Å². The van der Waals surface area contributed by atoms with Crippen LogP contribution in [-0.4, -0.2) is 7.11 Å². The Balaban J connectivity index is 2.19. The summed E-state index contributed by atoms with van der Waals surface area (Å²) in [4.78, 5) is 0.211. The summed E-state index contributed by atoms with van der Waals surface area (Å²) < 4.78 is 5.39. The van der Waals surface area contributed by atoms with Gasteiger partial charge in [0, 0.05) is 15.4 Å². The van der Waals surface area contributed by atoms with Gasteiger partial charge in [-0.2, -0.15) is 0 Å². The van der Waals surface area contributed by atoms with E-state index in [-0.39, 0.29) is 4.83 Å². The van der Waals surface area contributed by atoms with Crippen LogP contribution in [0.5, 0.6) is 5.75 Å². The lowest BCUT2D eigenvalue weighted by Crippen LogP contribution is -1.99. The van der Waals surface area contributed by atoms with E-state index in [2.05, 4.69) is 47.1 Å². The third-order valence-corrected chi connectivity index (χ3v) is 4.12. The lowest BCUT2D eigenvalue weighted by Gasteiger charge is -2.15. The van der Waals surface area contributed by atoms with Gasteiger partial charge in [0.1, 0.15) is 5.75 Å². The van der Waals surface area contributed by atoms with Crippen molar-refractivity contribution in [2.75, 3.05) is 7.11 Å². The van der Waals surface area contributed by atoms with E-state index in [4.69, 9.17) is 16.3 Å². The van der Waals surface area contributed by atoms with Crippen LogP contribution in [0.25, 0.3) is 0 Å². The van der Waals surface area contributed by atoms with Crippen LogP contribution in [0.2, 0.25) is 5.02 Å². The molecule has 2 rings (SSSR count). The SMILES string of the molecule is COc1cc(Cl)ccc1C(Br)Cc1ccc(C)cc1. The van der Waals surface area contributed by atoms with E-state index in [0.29, 0.717) is 5.02 Å². The minimum Gasteiger partial charge on any atom is -0.496 e. The largest absolute Gasteiger partial charge is 0.496 e. The fourth-order valence-electron chi connectivity index (χ4n) is 1.98. The third kappa shape index (κ3) is 3.74. The van der Waals surface area contributed by atoms with Gasteiger partial charge in [0.05, 0.1) is 7.11 Å². The van der Waals surface area contributed by atoms with E-state index >= 15 is 0 Å². The number of halogens is 2. The zero-order chi connectivity index (χ0) is 13.8. The molecule has 1 atom stereocenters. The molecule has 0 radical (unpaired) electrons. The van der Waals surface area contributed by atoms with Gasteiger partial charge in [-0.05, 0) is 31.0 Å². The maximum Gasteiger partial charge on any atom is 0.124 e. The van der Waals surface area contributed by atoms with E-state index in [1.807, 2.05) is 18.2 Å². The molecular formula is C16H16BrClO. The summed E-state index contributed by atoms with van der Waals surface area (Å²) in [6.07, 6.45) is 0.915. The van der Waals surface area contributed by atoms with Gasteiger partial charge < -0.3 is 4.74 Å². The van der Waals surface area contributed by atoms with Crippen molar-refractivity contribution in [3.8, 4) is 5.75 Å². The first-order valence-electron chi connectivity index (χ1n) is 6.13. The molecule has 0 fully saturated rings. The molecule has 0 aliphatic rings. The van der Waals surface area contributed by atoms with Crippen molar-refractivity contribution in [2.45, 2.75) is 18.2 Å². The van der Waals surface area contributed by atoms with Crippen molar-refractivity contribution in [1.82, 2.24) is 0 Å². The smallest absolute Gasteiger partial charge is 0.124 e. The fraction of sp³-hybridized carbons (Fsp3) is 0.250. The average Bonchev–Trinajstić information content (AvgIpc) is 2.41. The number of ether oxygens (including phenoxy) is 1. The molecule has 1 nitrogen and oxygen atoms in total. The molecule has 0 spiro atoms. The van der Waals surface area contributed by atoms with Crippen molar-refractivity contribution in [3.05, 3.63) is 64.2 Å². The second-order valence-corrected chi connectivity index (χ2v) is 6.09. The molecule has 0 saturated carbocycles. The average molecular weight is 340 g/mol. The van der Waals surface area contributed by atoms with E-state index < -0.39 is 0 Å². The molecule has 100 valence electrons. The number of rotatable bonds is 4. The van der Waals surface area contributed by atoms with E-state index in [9.17, 15) is 0 Å². The van der Waals surface area contributed by atoms with Gasteiger partial charge in [-0.25, -0.2) is 0 Å². The summed E-state index contributed by atoms with van der Waals surface area (Å²) in [6, 6.07) is 14.3. The molecule has 2 aromatic carbocycles. The topological polar surface area (TPSA) is 9.23 Å². The summed E-state index contributed by atoms with van der Waals surface area (Å²) in [5.41, 5.74) is 3.69. The first kappa shape index (κ1) is 14.4. The van der Waals surface area contributed by atoms with Crippen molar-refractivity contribution in [2.24, 2.45) is 0 Å². The fourth-order valence-corrected chi connectivity index (χ4v) is 2.90. The molecule has 2 aromatic rings. The molecule has 3 heteroatoms. The quantitative estimate of drug-likeness (QED) is 0.684. The molecule has 19 heavy (non-hydrogen) atoms. The highest BCUT2D eigenvalue weighted by Gasteiger charge is 2.14. The van der Waals surface area contributed by atoms with Gasteiger partial charge in [0.25, 0.3) is 0 Å². The van der Waals surface area contributed by atoms with Crippen LogP contribution >= 0.6 is 27.5 Å². The highest BCUT2D eigenvalue weighted by Crippen LogP contribution is 2.35. The standard InChI is InChI=1S/C16H16BrClO/c1-11-3-5-12(6-4-11)9-15(17)14-8-7-13(18)10-16(14)19-2/h3-8,10,15H,9H2,1-2H3. The van der Waals surface area contributed by atoms with Crippen LogP contribution in [-0.2, 0) is 6.42 Å². The summed E-state index contributed by atoms with van der Waals surface area (Å²) in [7, 11) is 1.67. The highest BCUT2D eigenvalue weighted by molar-refractivity contribution is 9.09. The molecule has 0 aliphatic carbocycles. The molecule has 0 aliphatic heterocycles. The summed E-state index contributed by atoms with van der Waals surface area (Å²) in [6.45, 7) is 2.09. The van der Waals surface area contributed by atoms with Crippen LogP contribution in [0.3, 0.4) is 0 Å². The van der Waals surface area contributed by atoms with Gasteiger partial charge in [0.2, 0.25) is 0 Å². The monoisotopic (exact) mass is 338 g/mol. The predicted octanol–water partition coefficient (Wildman–Crippen LogP) is 5.34. The number of aryl methyl sites for hydroxylation is 1. The van der Waals surface area contributed by atoms with Gasteiger partial charge >= 0.3 is 0 Å². The molecule has 0 saturated heterocycles. The third-order valence-electron chi connectivity index (χ3n) is 3.07. The van der Waals surface area contributed by atoms with Crippen LogP contribution in [0, 0.1) is 6.92 Å². The number of hydrogen-bond acceptors (Lipinski definition) is 1. The Morgan fingerprint density at radius 1 is 1.16 bits per heavy atom. The summed E-state index contributed by atoms with van der Waals surface area (Å²) in [5, 5.41) is 0.690. The predicted molar refractivity (Wildman–Crippen MR) is 84.6 cm³/mol. The van der Waals surface area contributed by atoms with Crippen molar-refractivity contribution in [1.29, 1.82) is 0 Å². The molecule has 0 N–H and O–H groups in total. The van der Waals surface area contributed by atoms with Gasteiger partial charge in [-0.3, -0.25) is 0 Å². The van der Waals surface area contributed by atoms with Gasteiger partial charge in [-0.1, -0.05) is 63.4 Å². The minimum atomic E-state index is 0.211. The maximum atomic E-state index is 5.98. The van der Waals surface area contributed by atoms with Crippen LogP contribution < -0.4 is 4.74 Å². The molecule has 0 heterocycles. The Labute approximate surface area is 127 Å². The second kappa shape index (κ2) is 6.44. The van der Waals surface area contributed by atoms with E-state index in [1.54, 1.807) is 7.11 Å². The zero-order valence-electron chi connectivity index (χ0n) is 11.0. The Bertz CT molecular complexity index is 551. The minimum absolute atomic E-state index is 0.211. The Morgan fingerprint density at radius 3 is 2.47 bits per heavy atom. The van der Waals surface area contributed by atoms with E-state index in [0.717, 1.165) is 17.7 Å². The summed E-state index contributed by atoms with van der Waals surface area (Å²) >= 11 is 9.72. The zero-order valence-corrected chi connectivity index (χ0v) is 13.3. The number of methoxy groups -OCH3 is 1. The molecule has 0 amide bonds. The van der Waals surface area contributed by atoms with Gasteiger partial charge in [0.15, 0.2) is 0 Å². The number of hydrogen-bond donors (Lipinski definition) is 0. The Hall–Kier alpha value is -0.990. The van der Waals surface area contributed by atoms with Crippen LogP contribution in [0.4, 0.5) is 0 Å². The number of benzene rings is 2. The molecule has 1 unspecified atom stereocenters. The highest BCUT2D eigenvalue weighted by atomic mass is 79.9. The lowest BCUT2D eigenvalue weighted by molar-refractivity contribution is 0.409. The van der Waals surface area contributed by atoms with Crippen LogP contribution in [0.1, 0.15) is 21.5 Å². The van der Waals surface area contributed by atoms with E-state index in [1.165, 1.54) is 11.1 Å². The lowest BCUT2D eigenvalue weighted by atomic mass is 10.0. The second-order valence-electron chi connectivity index (χ2n) is 4.54. The van der Waals surface area contributed by atoms with Crippen LogP contribution in [0.15, 0.2) is 42.5 Å². The van der Waals surface area contributed by atoms with Crippen molar-refractivity contribution >= 4 is 27.5 Å². The first-order chi connectivity index (χ1) is 9.10. The van der Waals surface area contributed by atoms with Crippen molar-refractivity contribution < 1.29 is 4.74 Å². The maximum absolute atomic E-state index is 5.98. The van der Waals surface area contributed by atoms with Gasteiger partial charge in [-0.15, -0.1) is 0 Å². The molecule has 0 aromatic heterocycles. The molecular weight excluding hydrogens is 324 g/mol. The first-order valence-corrected chi connectivity index (χ1v) is 7.42. The molecule has 0 bridgehead atoms. The summed E-state index contributed by atoms with van der Waals surface area (Å²) in [5.74, 6) is 0.821. The normalized spacial score (nSPS) is 12.2. The number of alkyl halides is 1. The Morgan fingerprint density at radius 2 is 1.84 bits per heavy atom. The Kier molecular flexibility index (Phi) is 4.89.